The number of ether oxygens (including phenoxy) is 1. The molecule has 0 aromatic carbocycles. The summed E-state index contributed by atoms with van der Waals surface area (Å²) in [5.41, 5.74) is 0. The molecule has 0 bridgehead atoms. The summed E-state index contributed by atoms with van der Waals surface area (Å²) in [5.74, 6) is 0. The highest BCUT2D eigenvalue weighted by Gasteiger charge is 2.25. The molecule has 0 aliphatic rings. The summed E-state index contributed by atoms with van der Waals surface area (Å²) in [4.78, 5) is 10.3. The third-order valence-corrected chi connectivity index (χ3v) is 1.45. The maximum Gasteiger partial charge on any atom is 0.151 e. The van der Waals surface area contributed by atoms with Gasteiger partial charge in [-0.3, -0.25) is 0 Å². The standard InChI is InChI=1S/C7H14O6/c8-1-2-13-6(4-10)7(12)5(11)3-9/h4-9,11-12H,1-3H2/t5-,6+,7-/m1/s1. The van der Waals surface area contributed by atoms with Crippen LogP contribution in [0.15, 0.2) is 0 Å². The second-order valence-electron chi connectivity index (χ2n) is 2.44. The van der Waals surface area contributed by atoms with Gasteiger partial charge >= 0.3 is 0 Å². The molecule has 6 nitrogen and oxygen atoms in total. The van der Waals surface area contributed by atoms with Gasteiger partial charge in [0.1, 0.15) is 18.3 Å². The maximum absolute atomic E-state index is 10.3. The number of carbonyl (C=O) groups excluding carboxylic acids is 1. The summed E-state index contributed by atoms with van der Waals surface area (Å²) in [5, 5.41) is 34.9. The molecule has 0 aromatic heterocycles. The molecule has 6 heteroatoms. The summed E-state index contributed by atoms with van der Waals surface area (Å²) < 4.78 is 4.69. The van der Waals surface area contributed by atoms with E-state index in [0.29, 0.717) is 6.29 Å². The van der Waals surface area contributed by atoms with E-state index in [1.54, 1.807) is 0 Å². The summed E-state index contributed by atoms with van der Waals surface area (Å²) in [6.07, 6.45) is -3.82. The molecule has 0 saturated heterocycles. The van der Waals surface area contributed by atoms with Crippen LogP contribution in [-0.2, 0) is 9.53 Å². The smallest absolute Gasteiger partial charge is 0.151 e. The van der Waals surface area contributed by atoms with Crippen LogP contribution in [0, 0.1) is 0 Å². The molecular weight excluding hydrogens is 180 g/mol. The molecule has 78 valence electrons. The van der Waals surface area contributed by atoms with E-state index in [-0.39, 0.29) is 13.2 Å². The molecule has 0 aromatic rings. The first-order chi connectivity index (χ1) is 6.17. The normalized spacial score (nSPS) is 17.8. The van der Waals surface area contributed by atoms with Gasteiger partial charge in [-0.15, -0.1) is 0 Å². The molecule has 3 atom stereocenters. The minimum Gasteiger partial charge on any atom is -0.394 e. The lowest BCUT2D eigenvalue weighted by Crippen LogP contribution is -2.42. The first-order valence-electron chi connectivity index (χ1n) is 3.82. The first-order valence-corrected chi connectivity index (χ1v) is 3.82. The van der Waals surface area contributed by atoms with Crippen LogP contribution in [0.4, 0.5) is 0 Å². The van der Waals surface area contributed by atoms with E-state index in [4.69, 9.17) is 20.4 Å². The molecule has 0 spiro atoms. The second kappa shape index (κ2) is 6.93. The molecule has 0 rings (SSSR count). The molecular formula is C7H14O6. The molecule has 0 fully saturated rings. The van der Waals surface area contributed by atoms with Crippen LogP contribution < -0.4 is 0 Å². The number of aliphatic hydroxyl groups is 4. The fourth-order valence-corrected chi connectivity index (χ4v) is 0.734. The molecule has 0 aliphatic heterocycles. The van der Waals surface area contributed by atoms with Crippen molar-refractivity contribution in [3.63, 3.8) is 0 Å². The van der Waals surface area contributed by atoms with Crippen LogP contribution in [0.5, 0.6) is 0 Å². The van der Waals surface area contributed by atoms with E-state index in [2.05, 4.69) is 4.74 Å². The third kappa shape index (κ3) is 4.30. The van der Waals surface area contributed by atoms with E-state index >= 15 is 0 Å². The molecule has 0 heterocycles. The van der Waals surface area contributed by atoms with Gasteiger partial charge in [0, 0.05) is 0 Å². The largest absolute Gasteiger partial charge is 0.394 e. The van der Waals surface area contributed by atoms with Gasteiger partial charge < -0.3 is 30.0 Å². The average Bonchev–Trinajstić information content (AvgIpc) is 2.17. The highest BCUT2D eigenvalue weighted by atomic mass is 16.5. The Morgan fingerprint density at radius 3 is 2.31 bits per heavy atom. The summed E-state index contributed by atoms with van der Waals surface area (Å²) in [7, 11) is 0. The fraction of sp³-hybridized carbons (Fsp3) is 0.857. The van der Waals surface area contributed by atoms with Crippen LogP contribution >= 0.6 is 0 Å². The zero-order valence-electron chi connectivity index (χ0n) is 7.04. The maximum atomic E-state index is 10.3. The van der Waals surface area contributed by atoms with E-state index in [0.717, 1.165) is 0 Å². The molecule has 4 N–H and O–H groups in total. The Balaban J connectivity index is 3.97. The summed E-state index contributed by atoms with van der Waals surface area (Å²) >= 11 is 0. The highest BCUT2D eigenvalue weighted by molar-refractivity contribution is 5.57. The molecule has 0 aliphatic carbocycles. The number of aliphatic hydroxyl groups excluding tert-OH is 4. The molecule has 0 unspecified atom stereocenters. The van der Waals surface area contributed by atoms with Gasteiger partial charge in [-0.25, -0.2) is 0 Å². The summed E-state index contributed by atoms with van der Waals surface area (Å²) in [6, 6.07) is 0. The summed E-state index contributed by atoms with van der Waals surface area (Å²) in [6.45, 7) is -1.06. The van der Waals surface area contributed by atoms with Crippen molar-refractivity contribution in [1.82, 2.24) is 0 Å². The fourth-order valence-electron chi connectivity index (χ4n) is 0.734. The Morgan fingerprint density at radius 2 is 1.92 bits per heavy atom. The first kappa shape index (κ1) is 12.5. The van der Waals surface area contributed by atoms with Crippen LogP contribution in [0.3, 0.4) is 0 Å². The van der Waals surface area contributed by atoms with E-state index < -0.39 is 24.9 Å². The third-order valence-electron chi connectivity index (χ3n) is 1.45. The Bertz CT molecular complexity index is 139. The van der Waals surface area contributed by atoms with Crippen LogP contribution in [-0.4, -0.2) is 64.8 Å². The number of rotatable bonds is 7. The number of carbonyl (C=O) groups is 1. The number of hydrogen-bond donors (Lipinski definition) is 4. The molecule has 13 heavy (non-hydrogen) atoms. The Morgan fingerprint density at radius 1 is 1.31 bits per heavy atom. The zero-order valence-corrected chi connectivity index (χ0v) is 7.04. The predicted molar refractivity (Wildman–Crippen MR) is 42.0 cm³/mol. The minimum absolute atomic E-state index is 0.112. The van der Waals surface area contributed by atoms with Crippen molar-refractivity contribution in [2.75, 3.05) is 19.8 Å². The van der Waals surface area contributed by atoms with E-state index in [9.17, 15) is 4.79 Å². The van der Waals surface area contributed by atoms with Crippen molar-refractivity contribution < 1.29 is 30.0 Å². The van der Waals surface area contributed by atoms with Crippen LogP contribution in [0.2, 0.25) is 0 Å². The van der Waals surface area contributed by atoms with Gasteiger partial charge in [0.05, 0.1) is 19.8 Å². The quantitative estimate of drug-likeness (QED) is 0.328. The van der Waals surface area contributed by atoms with E-state index in [1.165, 1.54) is 0 Å². The van der Waals surface area contributed by atoms with Crippen molar-refractivity contribution in [1.29, 1.82) is 0 Å². The van der Waals surface area contributed by atoms with Crippen molar-refractivity contribution in [3.05, 3.63) is 0 Å². The van der Waals surface area contributed by atoms with Gasteiger partial charge in [0.2, 0.25) is 0 Å². The van der Waals surface area contributed by atoms with Crippen LogP contribution in [0.25, 0.3) is 0 Å². The van der Waals surface area contributed by atoms with Gasteiger partial charge in [0.15, 0.2) is 6.29 Å². The van der Waals surface area contributed by atoms with Gasteiger partial charge in [-0.05, 0) is 0 Å². The van der Waals surface area contributed by atoms with Crippen LogP contribution in [0.1, 0.15) is 0 Å². The lowest BCUT2D eigenvalue weighted by atomic mass is 10.1. The Kier molecular flexibility index (Phi) is 6.65. The van der Waals surface area contributed by atoms with Crippen molar-refractivity contribution in [3.8, 4) is 0 Å². The number of aldehydes is 1. The molecule has 0 amide bonds. The van der Waals surface area contributed by atoms with Crippen molar-refractivity contribution >= 4 is 6.29 Å². The Labute approximate surface area is 75.4 Å². The van der Waals surface area contributed by atoms with E-state index in [1.807, 2.05) is 0 Å². The Hall–Kier alpha value is -0.530. The molecule has 0 saturated carbocycles. The van der Waals surface area contributed by atoms with Gasteiger partial charge in [-0.2, -0.15) is 0 Å². The monoisotopic (exact) mass is 194 g/mol. The average molecular weight is 194 g/mol. The lowest BCUT2D eigenvalue weighted by molar-refractivity contribution is -0.137. The SMILES string of the molecule is O=C[C@H](OCCO)[C@H](O)[C@H](O)CO. The van der Waals surface area contributed by atoms with Crippen molar-refractivity contribution in [2.45, 2.75) is 18.3 Å². The zero-order chi connectivity index (χ0) is 10.3. The van der Waals surface area contributed by atoms with Crippen molar-refractivity contribution in [2.24, 2.45) is 0 Å². The second-order valence-corrected chi connectivity index (χ2v) is 2.44. The van der Waals surface area contributed by atoms with Gasteiger partial charge in [-0.1, -0.05) is 0 Å². The minimum atomic E-state index is -1.48. The molecule has 0 radical (unpaired) electrons. The predicted octanol–water partition coefficient (Wildman–Crippen LogP) is -2.72. The topological polar surface area (TPSA) is 107 Å². The lowest BCUT2D eigenvalue weighted by Gasteiger charge is -2.21. The van der Waals surface area contributed by atoms with Gasteiger partial charge in [0.25, 0.3) is 0 Å². The number of hydrogen-bond acceptors (Lipinski definition) is 6. The highest BCUT2D eigenvalue weighted by Crippen LogP contribution is 2.01.